The Morgan fingerprint density at radius 2 is 2.05 bits per heavy atom. The van der Waals surface area contributed by atoms with Crippen molar-refractivity contribution in [3.05, 3.63) is 40.7 Å². The summed E-state index contributed by atoms with van der Waals surface area (Å²) in [5.41, 5.74) is 8.24. The number of nitrogens with two attached hydrogens (primary N) is 1. The number of rotatable bonds is 2. The predicted molar refractivity (Wildman–Crippen MR) is 75.0 cm³/mol. The maximum Gasteiger partial charge on any atom is 0.229 e. The number of aromatic nitrogens is 3. The molecule has 5 nitrogen and oxygen atoms in total. The van der Waals surface area contributed by atoms with Crippen LogP contribution in [0.1, 0.15) is 30.0 Å². The molecule has 0 aliphatic heterocycles. The zero-order valence-corrected chi connectivity index (χ0v) is 11.1. The van der Waals surface area contributed by atoms with Crippen LogP contribution in [-0.2, 0) is 6.42 Å². The molecule has 0 fully saturated rings. The topological polar surface area (TPSA) is 76.7 Å². The fraction of sp³-hybridized carbons (Fsp3) is 0.308. The van der Waals surface area contributed by atoms with Gasteiger partial charge in [0.15, 0.2) is 0 Å². The highest BCUT2D eigenvalue weighted by Gasteiger charge is 2.20. The molecule has 1 atom stereocenters. The van der Waals surface area contributed by atoms with Crippen LogP contribution in [-0.4, -0.2) is 15.0 Å². The van der Waals surface area contributed by atoms with Gasteiger partial charge in [-0.3, -0.25) is 0 Å². The fourth-order valence-corrected chi connectivity index (χ4v) is 2.66. The standard InChI is InChI=1S/C13H14ClN5/c14-11-17-12(15)19-13(18-11)16-10-7-3-5-8-4-1-2-6-9(8)10/h1-2,4,6,10H,3,5,7H2,(H3,15,16,17,18,19). The molecule has 0 bridgehead atoms. The van der Waals surface area contributed by atoms with Crippen molar-refractivity contribution in [3.63, 3.8) is 0 Å². The lowest BCUT2D eigenvalue weighted by atomic mass is 9.88. The molecule has 2 aromatic rings. The highest BCUT2D eigenvalue weighted by atomic mass is 35.5. The first-order chi connectivity index (χ1) is 9.22. The molecule has 1 aliphatic carbocycles. The zero-order chi connectivity index (χ0) is 13.2. The Hall–Kier alpha value is -1.88. The van der Waals surface area contributed by atoms with E-state index in [4.69, 9.17) is 17.3 Å². The zero-order valence-electron chi connectivity index (χ0n) is 10.3. The molecule has 0 saturated heterocycles. The van der Waals surface area contributed by atoms with Crippen molar-refractivity contribution in [2.45, 2.75) is 25.3 Å². The summed E-state index contributed by atoms with van der Waals surface area (Å²) in [6, 6.07) is 8.62. The van der Waals surface area contributed by atoms with Gasteiger partial charge in [0.2, 0.25) is 17.2 Å². The van der Waals surface area contributed by atoms with Gasteiger partial charge in [0.1, 0.15) is 0 Å². The van der Waals surface area contributed by atoms with Gasteiger partial charge in [0.25, 0.3) is 0 Å². The molecule has 1 aliphatic rings. The number of aryl methyl sites for hydroxylation is 1. The molecule has 0 amide bonds. The normalized spacial score (nSPS) is 17.8. The quantitative estimate of drug-likeness (QED) is 0.881. The first kappa shape index (κ1) is 12.2. The average molecular weight is 276 g/mol. The number of fused-ring (bicyclic) bond motifs is 1. The summed E-state index contributed by atoms with van der Waals surface area (Å²) in [5.74, 6) is 0.561. The van der Waals surface area contributed by atoms with E-state index < -0.39 is 0 Å². The molecule has 98 valence electrons. The van der Waals surface area contributed by atoms with Gasteiger partial charge in [-0.1, -0.05) is 24.3 Å². The number of benzene rings is 1. The van der Waals surface area contributed by atoms with Crippen molar-refractivity contribution in [1.82, 2.24) is 15.0 Å². The van der Waals surface area contributed by atoms with Gasteiger partial charge in [-0.2, -0.15) is 15.0 Å². The second-order valence-electron chi connectivity index (χ2n) is 4.57. The minimum Gasteiger partial charge on any atom is -0.368 e. The molecule has 1 aromatic carbocycles. The number of nitrogens with one attached hydrogen (secondary N) is 1. The summed E-state index contributed by atoms with van der Waals surface area (Å²) in [4.78, 5) is 11.9. The number of hydrogen-bond donors (Lipinski definition) is 2. The van der Waals surface area contributed by atoms with Gasteiger partial charge in [0.05, 0.1) is 6.04 Å². The maximum atomic E-state index is 5.79. The van der Waals surface area contributed by atoms with Gasteiger partial charge < -0.3 is 11.1 Å². The van der Waals surface area contributed by atoms with Gasteiger partial charge in [-0.25, -0.2) is 0 Å². The summed E-state index contributed by atoms with van der Waals surface area (Å²) in [6.07, 6.45) is 3.30. The number of anilines is 2. The van der Waals surface area contributed by atoms with Gasteiger partial charge >= 0.3 is 0 Å². The van der Waals surface area contributed by atoms with Crippen LogP contribution in [0.2, 0.25) is 5.28 Å². The number of nitrogen functional groups attached to an aromatic ring is 1. The van der Waals surface area contributed by atoms with Crippen LogP contribution in [0, 0.1) is 0 Å². The Labute approximate surface area is 116 Å². The highest BCUT2D eigenvalue weighted by Crippen LogP contribution is 2.31. The molecule has 3 rings (SSSR count). The van der Waals surface area contributed by atoms with Crippen LogP contribution in [0.15, 0.2) is 24.3 Å². The minimum absolute atomic E-state index is 0.110. The van der Waals surface area contributed by atoms with Gasteiger partial charge in [-0.05, 0) is 42.0 Å². The van der Waals surface area contributed by atoms with Crippen LogP contribution < -0.4 is 11.1 Å². The van der Waals surface area contributed by atoms with Crippen LogP contribution in [0.3, 0.4) is 0 Å². The van der Waals surface area contributed by atoms with E-state index in [9.17, 15) is 0 Å². The molecular formula is C13H14ClN5. The van der Waals surface area contributed by atoms with E-state index in [0.29, 0.717) is 5.95 Å². The fourth-order valence-electron chi connectivity index (χ4n) is 2.49. The van der Waals surface area contributed by atoms with E-state index in [2.05, 4.69) is 38.5 Å². The molecule has 6 heteroatoms. The first-order valence-electron chi connectivity index (χ1n) is 6.24. The third kappa shape index (κ3) is 2.61. The van der Waals surface area contributed by atoms with E-state index in [1.165, 1.54) is 11.1 Å². The van der Waals surface area contributed by atoms with E-state index in [0.717, 1.165) is 19.3 Å². The Balaban J connectivity index is 1.88. The molecular weight excluding hydrogens is 262 g/mol. The van der Waals surface area contributed by atoms with Gasteiger partial charge in [-0.15, -0.1) is 0 Å². The molecule has 0 spiro atoms. The second kappa shape index (κ2) is 5.01. The first-order valence-corrected chi connectivity index (χ1v) is 6.61. The molecule has 1 aromatic heterocycles. The summed E-state index contributed by atoms with van der Waals surface area (Å²) in [7, 11) is 0. The van der Waals surface area contributed by atoms with E-state index in [1.807, 2.05) is 6.07 Å². The molecule has 1 heterocycles. The maximum absolute atomic E-state index is 5.79. The van der Waals surface area contributed by atoms with Crippen LogP contribution in [0.25, 0.3) is 0 Å². The van der Waals surface area contributed by atoms with Crippen molar-refractivity contribution in [3.8, 4) is 0 Å². The monoisotopic (exact) mass is 275 g/mol. The lowest BCUT2D eigenvalue weighted by Gasteiger charge is -2.26. The van der Waals surface area contributed by atoms with Crippen molar-refractivity contribution < 1.29 is 0 Å². The molecule has 19 heavy (non-hydrogen) atoms. The molecule has 0 saturated carbocycles. The SMILES string of the molecule is Nc1nc(Cl)nc(NC2CCCc3ccccc32)n1. The van der Waals surface area contributed by atoms with Crippen LogP contribution in [0.5, 0.6) is 0 Å². The third-order valence-corrected chi connectivity index (χ3v) is 3.47. The van der Waals surface area contributed by atoms with E-state index in [-0.39, 0.29) is 17.3 Å². The van der Waals surface area contributed by atoms with Crippen molar-refractivity contribution in [1.29, 1.82) is 0 Å². The number of halogens is 1. The Morgan fingerprint density at radius 3 is 2.89 bits per heavy atom. The number of hydrogen-bond acceptors (Lipinski definition) is 5. The van der Waals surface area contributed by atoms with Crippen LogP contribution in [0.4, 0.5) is 11.9 Å². The Morgan fingerprint density at radius 1 is 1.21 bits per heavy atom. The van der Waals surface area contributed by atoms with E-state index in [1.54, 1.807) is 0 Å². The molecule has 1 unspecified atom stereocenters. The summed E-state index contributed by atoms with van der Waals surface area (Å²) >= 11 is 5.79. The van der Waals surface area contributed by atoms with Crippen molar-refractivity contribution in [2.75, 3.05) is 11.1 Å². The Bertz CT molecular complexity index is 581. The second-order valence-corrected chi connectivity index (χ2v) is 4.91. The lowest BCUT2D eigenvalue weighted by molar-refractivity contribution is 0.596. The highest BCUT2D eigenvalue weighted by molar-refractivity contribution is 6.28. The average Bonchev–Trinajstić information content (AvgIpc) is 2.38. The largest absolute Gasteiger partial charge is 0.368 e. The lowest BCUT2D eigenvalue weighted by Crippen LogP contribution is -2.19. The van der Waals surface area contributed by atoms with E-state index >= 15 is 0 Å². The minimum atomic E-state index is 0.110. The summed E-state index contributed by atoms with van der Waals surface area (Å²) in [6.45, 7) is 0. The van der Waals surface area contributed by atoms with Crippen LogP contribution >= 0.6 is 11.6 Å². The number of nitrogens with zero attached hydrogens (tertiary/aromatic N) is 3. The Kier molecular flexibility index (Phi) is 3.21. The molecule has 0 radical (unpaired) electrons. The molecule has 3 N–H and O–H groups in total. The van der Waals surface area contributed by atoms with Crippen molar-refractivity contribution >= 4 is 23.5 Å². The van der Waals surface area contributed by atoms with Gasteiger partial charge in [0, 0.05) is 0 Å². The van der Waals surface area contributed by atoms with Crippen molar-refractivity contribution in [2.24, 2.45) is 0 Å². The smallest absolute Gasteiger partial charge is 0.229 e. The summed E-state index contributed by atoms with van der Waals surface area (Å²) < 4.78 is 0. The third-order valence-electron chi connectivity index (χ3n) is 3.30. The summed E-state index contributed by atoms with van der Waals surface area (Å²) in [5, 5.41) is 3.40. The predicted octanol–water partition coefficient (Wildman–Crippen LogP) is 2.60.